The quantitative estimate of drug-likeness (QED) is 0.530. The average molecular weight is 282 g/mol. The Hall–Kier alpha value is -1.27. The molecule has 2 aromatic rings. The molecule has 0 aliphatic heterocycles. The highest BCUT2D eigenvalue weighted by Crippen LogP contribution is 2.30. The summed E-state index contributed by atoms with van der Waals surface area (Å²) in [5.74, 6) is 0.0711. The number of rotatable bonds is 4. The molecule has 0 aliphatic rings. The van der Waals surface area contributed by atoms with E-state index in [4.69, 9.17) is 10.5 Å². The van der Waals surface area contributed by atoms with E-state index in [0.29, 0.717) is 0 Å². The standard InChI is InChI=1S/C12H14N2O2S2/c1-7(2)16-11(15)6-17-12-14-9-4-3-8(13)5-10(9)18-12/h3-5,7H,6,13H2,1-2H3. The zero-order valence-electron chi connectivity index (χ0n) is 10.2. The predicted octanol–water partition coefficient (Wildman–Crippen LogP) is 2.92. The Labute approximate surface area is 114 Å². The van der Waals surface area contributed by atoms with Gasteiger partial charge in [0.05, 0.1) is 22.1 Å². The molecule has 0 radical (unpaired) electrons. The molecule has 1 aromatic heterocycles. The minimum atomic E-state index is -0.214. The van der Waals surface area contributed by atoms with E-state index in [2.05, 4.69) is 4.98 Å². The number of hydrogen-bond acceptors (Lipinski definition) is 6. The van der Waals surface area contributed by atoms with Crippen LogP contribution >= 0.6 is 23.1 Å². The summed E-state index contributed by atoms with van der Waals surface area (Å²) in [5, 5.41) is 0. The molecule has 96 valence electrons. The summed E-state index contributed by atoms with van der Waals surface area (Å²) < 4.78 is 6.96. The summed E-state index contributed by atoms with van der Waals surface area (Å²) in [7, 11) is 0. The molecule has 2 N–H and O–H groups in total. The molecule has 0 fully saturated rings. The van der Waals surface area contributed by atoms with E-state index in [1.54, 1.807) is 0 Å². The van der Waals surface area contributed by atoms with Gasteiger partial charge in [0.15, 0.2) is 4.34 Å². The Balaban J connectivity index is 2.02. The minimum absolute atomic E-state index is 0.0757. The van der Waals surface area contributed by atoms with Crippen molar-refractivity contribution in [2.24, 2.45) is 0 Å². The number of ether oxygens (including phenoxy) is 1. The summed E-state index contributed by atoms with van der Waals surface area (Å²) in [6, 6.07) is 5.60. The Kier molecular flexibility index (Phi) is 4.08. The largest absolute Gasteiger partial charge is 0.462 e. The molecule has 1 heterocycles. The van der Waals surface area contributed by atoms with Crippen molar-refractivity contribution >= 4 is 45.0 Å². The number of fused-ring (bicyclic) bond motifs is 1. The summed E-state index contributed by atoms with van der Waals surface area (Å²) in [5.41, 5.74) is 7.34. The van der Waals surface area contributed by atoms with Crippen LogP contribution in [0.15, 0.2) is 22.5 Å². The Bertz CT molecular complexity index is 566. The molecular formula is C12H14N2O2S2. The van der Waals surface area contributed by atoms with Gasteiger partial charge in [-0.2, -0.15) is 0 Å². The normalized spacial score (nSPS) is 11.1. The highest BCUT2D eigenvalue weighted by Gasteiger charge is 2.09. The molecule has 0 atom stereocenters. The smallest absolute Gasteiger partial charge is 0.316 e. The fourth-order valence-electron chi connectivity index (χ4n) is 1.40. The van der Waals surface area contributed by atoms with Crippen molar-refractivity contribution in [3.05, 3.63) is 18.2 Å². The first-order valence-electron chi connectivity index (χ1n) is 5.53. The maximum absolute atomic E-state index is 11.4. The first-order chi connectivity index (χ1) is 8.54. The van der Waals surface area contributed by atoms with E-state index in [1.807, 2.05) is 32.0 Å². The Morgan fingerprint density at radius 3 is 3.06 bits per heavy atom. The van der Waals surface area contributed by atoms with Gasteiger partial charge in [-0.1, -0.05) is 11.8 Å². The topological polar surface area (TPSA) is 65.2 Å². The van der Waals surface area contributed by atoms with Gasteiger partial charge in [0.1, 0.15) is 0 Å². The number of aromatic nitrogens is 1. The van der Waals surface area contributed by atoms with Crippen LogP contribution in [0.1, 0.15) is 13.8 Å². The Morgan fingerprint density at radius 2 is 2.33 bits per heavy atom. The number of thiazole rings is 1. The number of hydrogen-bond donors (Lipinski definition) is 1. The van der Waals surface area contributed by atoms with Gasteiger partial charge in [0.2, 0.25) is 0 Å². The van der Waals surface area contributed by atoms with E-state index in [0.717, 1.165) is 20.2 Å². The number of carbonyl (C=O) groups is 1. The molecule has 0 saturated carbocycles. The van der Waals surface area contributed by atoms with Crippen molar-refractivity contribution in [3.8, 4) is 0 Å². The third-order valence-corrected chi connectivity index (χ3v) is 4.21. The molecule has 0 spiro atoms. The fourth-order valence-corrected chi connectivity index (χ4v) is 3.30. The molecule has 18 heavy (non-hydrogen) atoms. The van der Waals surface area contributed by atoms with Crippen LogP contribution < -0.4 is 5.73 Å². The van der Waals surface area contributed by atoms with E-state index < -0.39 is 0 Å². The maximum atomic E-state index is 11.4. The second kappa shape index (κ2) is 5.58. The first-order valence-corrected chi connectivity index (χ1v) is 7.33. The number of nitrogens with zero attached hydrogens (tertiary/aromatic N) is 1. The number of nitrogen functional groups attached to an aromatic ring is 1. The maximum Gasteiger partial charge on any atom is 0.316 e. The molecule has 0 unspecified atom stereocenters. The van der Waals surface area contributed by atoms with Gasteiger partial charge in [0.25, 0.3) is 0 Å². The lowest BCUT2D eigenvalue weighted by molar-refractivity contribution is -0.144. The molecule has 0 bridgehead atoms. The van der Waals surface area contributed by atoms with Crippen molar-refractivity contribution < 1.29 is 9.53 Å². The monoisotopic (exact) mass is 282 g/mol. The van der Waals surface area contributed by atoms with Crippen molar-refractivity contribution in [2.45, 2.75) is 24.3 Å². The zero-order valence-corrected chi connectivity index (χ0v) is 11.8. The predicted molar refractivity (Wildman–Crippen MR) is 76.0 cm³/mol. The van der Waals surface area contributed by atoms with Crippen LogP contribution in [0.25, 0.3) is 10.2 Å². The molecule has 2 rings (SSSR count). The van der Waals surface area contributed by atoms with E-state index in [9.17, 15) is 4.79 Å². The zero-order chi connectivity index (χ0) is 13.1. The van der Waals surface area contributed by atoms with Crippen molar-refractivity contribution in [2.75, 3.05) is 11.5 Å². The van der Waals surface area contributed by atoms with Crippen molar-refractivity contribution in [1.82, 2.24) is 4.98 Å². The van der Waals surface area contributed by atoms with E-state index in [-0.39, 0.29) is 17.8 Å². The van der Waals surface area contributed by atoms with Crippen LogP contribution in [0.4, 0.5) is 5.69 Å². The van der Waals surface area contributed by atoms with Crippen LogP contribution in [0.2, 0.25) is 0 Å². The van der Waals surface area contributed by atoms with Gasteiger partial charge < -0.3 is 10.5 Å². The molecule has 1 aromatic carbocycles. The second-order valence-corrected chi connectivity index (χ2v) is 6.29. The average Bonchev–Trinajstić information content (AvgIpc) is 2.67. The first kappa shape index (κ1) is 13.2. The van der Waals surface area contributed by atoms with Crippen LogP contribution in [-0.2, 0) is 9.53 Å². The lowest BCUT2D eigenvalue weighted by atomic mass is 10.3. The fraction of sp³-hybridized carbons (Fsp3) is 0.333. The highest BCUT2D eigenvalue weighted by molar-refractivity contribution is 8.01. The van der Waals surface area contributed by atoms with Crippen molar-refractivity contribution in [1.29, 1.82) is 0 Å². The van der Waals surface area contributed by atoms with Gasteiger partial charge in [0, 0.05) is 5.69 Å². The third kappa shape index (κ3) is 3.36. The number of benzene rings is 1. The van der Waals surface area contributed by atoms with Crippen molar-refractivity contribution in [3.63, 3.8) is 0 Å². The Morgan fingerprint density at radius 1 is 1.56 bits per heavy atom. The number of nitrogens with two attached hydrogens (primary N) is 1. The van der Waals surface area contributed by atoms with Gasteiger partial charge in [-0.3, -0.25) is 4.79 Å². The van der Waals surface area contributed by atoms with Gasteiger partial charge >= 0.3 is 5.97 Å². The van der Waals surface area contributed by atoms with Crippen LogP contribution in [0, 0.1) is 0 Å². The van der Waals surface area contributed by atoms with Crippen LogP contribution in [0.3, 0.4) is 0 Å². The number of carbonyl (C=O) groups excluding carboxylic acids is 1. The molecule has 6 heteroatoms. The SMILES string of the molecule is CC(C)OC(=O)CSc1nc2ccc(N)cc2s1. The van der Waals surface area contributed by atoms with Crippen LogP contribution in [-0.4, -0.2) is 22.8 Å². The van der Waals surface area contributed by atoms with Gasteiger partial charge in [-0.15, -0.1) is 11.3 Å². The summed E-state index contributed by atoms with van der Waals surface area (Å²) >= 11 is 2.93. The minimum Gasteiger partial charge on any atom is -0.462 e. The number of anilines is 1. The lowest BCUT2D eigenvalue weighted by Gasteiger charge is -2.06. The summed E-state index contributed by atoms with van der Waals surface area (Å²) in [4.78, 5) is 15.8. The summed E-state index contributed by atoms with van der Waals surface area (Å²) in [6.07, 6.45) is -0.0757. The molecule has 4 nitrogen and oxygen atoms in total. The lowest BCUT2D eigenvalue weighted by Crippen LogP contribution is -2.13. The summed E-state index contributed by atoms with van der Waals surface area (Å²) in [6.45, 7) is 3.67. The molecule has 0 amide bonds. The molecule has 0 saturated heterocycles. The molecule has 0 aliphatic carbocycles. The highest BCUT2D eigenvalue weighted by atomic mass is 32.2. The van der Waals surface area contributed by atoms with E-state index in [1.165, 1.54) is 23.1 Å². The van der Waals surface area contributed by atoms with Gasteiger partial charge in [-0.25, -0.2) is 4.98 Å². The second-order valence-electron chi connectivity index (χ2n) is 4.03. The van der Waals surface area contributed by atoms with Crippen LogP contribution in [0.5, 0.6) is 0 Å². The number of esters is 1. The molecular weight excluding hydrogens is 268 g/mol. The third-order valence-electron chi connectivity index (χ3n) is 2.07. The van der Waals surface area contributed by atoms with E-state index >= 15 is 0 Å². The van der Waals surface area contributed by atoms with Gasteiger partial charge in [-0.05, 0) is 32.0 Å². The number of thioether (sulfide) groups is 1.